The summed E-state index contributed by atoms with van der Waals surface area (Å²) < 4.78 is 4.85. The third-order valence-electron chi connectivity index (χ3n) is 5.19. The van der Waals surface area contributed by atoms with Crippen molar-refractivity contribution in [3.63, 3.8) is 0 Å². The molecule has 0 fully saturated rings. The topological polar surface area (TPSA) is 9.23 Å². The highest BCUT2D eigenvalue weighted by Gasteiger charge is 1.94. The van der Waals surface area contributed by atoms with Crippen LogP contribution in [0.2, 0.25) is 0 Å². The third kappa shape index (κ3) is 23.3. The average molecular weight is 365 g/mol. The van der Waals surface area contributed by atoms with Crippen LogP contribution in [0.4, 0.5) is 0 Å². The molecule has 0 aromatic rings. The first-order valence-corrected chi connectivity index (χ1v) is 11.8. The molecule has 0 aliphatic carbocycles. The molecule has 0 N–H and O–H groups in total. The number of unbranched alkanes of at least 4 members (excludes halogenated alkanes) is 18. The van der Waals surface area contributed by atoms with Crippen LogP contribution in [-0.2, 0) is 4.74 Å². The van der Waals surface area contributed by atoms with Crippen LogP contribution in [0.5, 0.6) is 0 Å². The van der Waals surface area contributed by atoms with Crippen LogP contribution >= 0.6 is 0 Å². The average Bonchev–Trinajstić information content (AvgIpc) is 2.66. The van der Waals surface area contributed by atoms with Crippen molar-refractivity contribution in [2.24, 2.45) is 0 Å². The Morgan fingerprint density at radius 3 is 1.27 bits per heavy atom. The van der Waals surface area contributed by atoms with Crippen molar-refractivity contribution in [3.8, 4) is 0 Å². The lowest BCUT2D eigenvalue weighted by Crippen LogP contribution is -1.84. The Bertz CT molecular complexity index is 293. The van der Waals surface area contributed by atoms with Crippen molar-refractivity contribution in [2.45, 2.75) is 129 Å². The zero-order valence-corrected chi connectivity index (χ0v) is 18.2. The Hall–Kier alpha value is -0.720. The van der Waals surface area contributed by atoms with Gasteiger partial charge in [-0.3, -0.25) is 0 Å². The largest absolute Gasteiger partial charge is 0.504 e. The lowest BCUT2D eigenvalue weighted by Gasteiger charge is -2.03. The van der Waals surface area contributed by atoms with E-state index in [2.05, 4.69) is 19.1 Å². The van der Waals surface area contributed by atoms with Gasteiger partial charge in [0.2, 0.25) is 0 Å². The molecule has 26 heavy (non-hydrogen) atoms. The van der Waals surface area contributed by atoms with Gasteiger partial charge in [-0.05, 0) is 18.9 Å². The fraction of sp³-hybridized carbons (Fsp3) is 0.840. The molecule has 0 rings (SSSR count). The van der Waals surface area contributed by atoms with Crippen molar-refractivity contribution in [1.29, 1.82) is 0 Å². The second-order valence-corrected chi connectivity index (χ2v) is 7.79. The van der Waals surface area contributed by atoms with Gasteiger partial charge in [0.25, 0.3) is 0 Å². The van der Waals surface area contributed by atoms with Gasteiger partial charge < -0.3 is 4.74 Å². The highest BCUT2D eigenvalue weighted by Crippen LogP contribution is 2.14. The van der Waals surface area contributed by atoms with E-state index in [0.29, 0.717) is 0 Å². The van der Waals surface area contributed by atoms with E-state index in [1.165, 1.54) is 122 Å². The van der Waals surface area contributed by atoms with Crippen molar-refractivity contribution in [2.75, 3.05) is 7.11 Å². The molecule has 0 bridgehead atoms. The number of hydrogen-bond donors (Lipinski definition) is 0. The summed E-state index contributed by atoms with van der Waals surface area (Å²) in [7, 11) is 1.68. The number of rotatable bonds is 21. The fourth-order valence-electron chi connectivity index (χ4n) is 3.46. The maximum atomic E-state index is 4.85. The Labute approximate surface area is 165 Å². The zero-order chi connectivity index (χ0) is 19.0. The molecule has 0 amide bonds. The quantitative estimate of drug-likeness (QED) is 0.112. The number of hydrogen-bond acceptors (Lipinski definition) is 1. The first-order valence-electron chi connectivity index (χ1n) is 11.8. The molecule has 0 aliphatic heterocycles. The Kier molecular flexibility index (Phi) is 23.6. The maximum absolute atomic E-state index is 4.85. The lowest BCUT2D eigenvalue weighted by molar-refractivity contribution is 0.338. The molecule has 0 unspecified atom stereocenters. The van der Waals surface area contributed by atoms with E-state index >= 15 is 0 Å². The fourth-order valence-corrected chi connectivity index (χ4v) is 3.46. The summed E-state index contributed by atoms with van der Waals surface area (Å²) in [6, 6.07) is 0. The minimum absolute atomic E-state index is 1.20. The minimum Gasteiger partial charge on any atom is -0.504 e. The van der Waals surface area contributed by atoms with Gasteiger partial charge in [0, 0.05) is 0 Å². The van der Waals surface area contributed by atoms with Gasteiger partial charge in [-0.25, -0.2) is 0 Å². The van der Waals surface area contributed by atoms with E-state index in [1.54, 1.807) is 13.4 Å². The number of allylic oxidation sites excluding steroid dienone is 3. The molecule has 0 heterocycles. The monoisotopic (exact) mass is 364 g/mol. The Morgan fingerprint density at radius 2 is 0.885 bits per heavy atom. The van der Waals surface area contributed by atoms with Crippen molar-refractivity contribution >= 4 is 0 Å². The molecular weight excluding hydrogens is 316 g/mol. The first kappa shape index (κ1) is 25.3. The van der Waals surface area contributed by atoms with Crippen LogP contribution in [0, 0.1) is 0 Å². The van der Waals surface area contributed by atoms with Crippen LogP contribution in [0.1, 0.15) is 129 Å². The Balaban J connectivity index is 3.03. The molecule has 154 valence electrons. The van der Waals surface area contributed by atoms with Crippen LogP contribution in [-0.4, -0.2) is 7.11 Å². The van der Waals surface area contributed by atoms with E-state index < -0.39 is 0 Å². The lowest BCUT2D eigenvalue weighted by atomic mass is 10.0. The number of ether oxygens (including phenoxy) is 1. The molecule has 0 radical (unpaired) electrons. The summed E-state index contributed by atoms with van der Waals surface area (Å²) in [5.41, 5.74) is 0. The molecule has 0 saturated carbocycles. The summed E-state index contributed by atoms with van der Waals surface area (Å²) in [5.74, 6) is 0. The molecule has 0 aromatic heterocycles. The van der Waals surface area contributed by atoms with Crippen LogP contribution in [0.25, 0.3) is 0 Å². The molecule has 1 nitrogen and oxygen atoms in total. The second kappa shape index (κ2) is 24.3. The van der Waals surface area contributed by atoms with E-state index in [9.17, 15) is 0 Å². The highest BCUT2D eigenvalue weighted by molar-refractivity contribution is 4.99. The van der Waals surface area contributed by atoms with Crippen LogP contribution < -0.4 is 0 Å². The summed E-state index contributed by atoms with van der Waals surface area (Å²) >= 11 is 0. The van der Waals surface area contributed by atoms with E-state index in [-0.39, 0.29) is 0 Å². The van der Waals surface area contributed by atoms with Crippen LogP contribution in [0.3, 0.4) is 0 Å². The maximum Gasteiger partial charge on any atom is 0.0824 e. The van der Waals surface area contributed by atoms with Gasteiger partial charge in [-0.1, -0.05) is 128 Å². The number of methoxy groups -OCH3 is 1. The van der Waals surface area contributed by atoms with Gasteiger partial charge in [0.05, 0.1) is 13.4 Å². The summed E-state index contributed by atoms with van der Waals surface area (Å²) in [6.45, 7) is 2.30. The molecular formula is C25H48O. The third-order valence-corrected chi connectivity index (χ3v) is 5.19. The van der Waals surface area contributed by atoms with Crippen LogP contribution in [0.15, 0.2) is 24.5 Å². The van der Waals surface area contributed by atoms with E-state index in [1.807, 2.05) is 6.08 Å². The van der Waals surface area contributed by atoms with Gasteiger partial charge in [-0.2, -0.15) is 0 Å². The van der Waals surface area contributed by atoms with E-state index in [4.69, 9.17) is 4.74 Å². The van der Waals surface area contributed by atoms with Gasteiger partial charge in [-0.15, -0.1) is 0 Å². The molecule has 0 aromatic carbocycles. The summed E-state index contributed by atoms with van der Waals surface area (Å²) in [5, 5.41) is 0. The van der Waals surface area contributed by atoms with Crippen molar-refractivity contribution in [1.82, 2.24) is 0 Å². The second-order valence-electron chi connectivity index (χ2n) is 7.79. The molecule has 0 atom stereocenters. The molecule has 0 saturated heterocycles. The predicted molar refractivity (Wildman–Crippen MR) is 119 cm³/mol. The predicted octanol–water partition coefficient (Wildman–Crippen LogP) is 9.13. The molecule has 0 spiro atoms. The smallest absolute Gasteiger partial charge is 0.0824 e. The van der Waals surface area contributed by atoms with E-state index in [0.717, 1.165) is 0 Å². The van der Waals surface area contributed by atoms with Crippen molar-refractivity contribution in [3.05, 3.63) is 24.5 Å². The van der Waals surface area contributed by atoms with Gasteiger partial charge in [0.15, 0.2) is 0 Å². The zero-order valence-electron chi connectivity index (χ0n) is 18.2. The standard InChI is InChI=1S/C25H48O/c1-3-4-5-6-7-8-9-10-11-12-13-14-15-16-17-18-19-20-21-22-23-24-25-26-2/h22-25H,3-21H2,1-2H3/b23-22+,25-24+. The minimum atomic E-state index is 1.20. The summed E-state index contributed by atoms with van der Waals surface area (Å²) in [6.07, 6.45) is 35.2. The normalized spacial score (nSPS) is 11.8. The molecule has 0 aliphatic rings. The SMILES string of the molecule is CCCCCCCCCCCCCCCCCCCC/C=C/C=C/OC. The first-order chi connectivity index (χ1) is 12.9. The molecule has 1 heteroatoms. The van der Waals surface area contributed by atoms with Gasteiger partial charge in [0.1, 0.15) is 0 Å². The highest BCUT2D eigenvalue weighted by atomic mass is 16.5. The Morgan fingerprint density at radius 1 is 0.500 bits per heavy atom. The summed E-state index contributed by atoms with van der Waals surface area (Å²) in [4.78, 5) is 0. The van der Waals surface area contributed by atoms with Gasteiger partial charge >= 0.3 is 0 Å². The van der Waals surface area contributed by atoms with Crippen molar-refractivity contribution < 1.29 is 4.74 Å².